The molecule has 28 nitrogen and oxygen atoms in total. The number of ether oxygens (including phenoxy) is 2. The van der Waals surface area contributed by atoms with Gasteiger partial charge in [0, 0.05) is 50.5 Å². The van der Waals surface area contributed by atoms with Gasteiger partial charge in [0.1, 0.15) is 52.3 Å². The van der Waals surface area contributed by atoms with E-state index >= 15 is 0 Å². The summed E-state index contributed by atoms with van der Waals surface area (Å²) in [6, 6.07) is 32.1. The number of nitrogens with one attached hydrogen (secondary N) is 3. The van der Waals surface area contributed by atoms with Crippen molar-refractivity contribution in [1.82, 2.24) is 15.0 Å². The zero-order chi connectivity index (χ0) is 82.3. The number of nitrogens with zero attached hydrogens (tertiary/aromatic N) is 3. The van der Waals surface area contributed by atoms with Gasteiger partial charge in [-0.05, 0) is 228 Å². The number of benzene rings is 6. The molecule has 41 heteroatoms. The van der Waals surface area contributed by atoms with Gasteiger partial charge in [-0.25, -0.2) is 48.0 Å². The minimum Gasteiger partial charge on any atom is -0.773 e. The molecule has 7 aromatic rings. The van der Waals surface area contributed by atoms with Gasteiger partial charge in [0.05, 0.1) is 43.2 Å². The summed E-state index contributed by atoms with van der Waals surface area (Å²) in [6.45, 7) is 12.3. The third kappa shape index (κ3) is 43.7. The van der Waals surface area contributed by atoms with E-state index in [0.717, 1.165) is 68.6 Å². The van der Waals surface area contributed by atoms with Gasteiger partial charge in [0.15, 0.2) is 41.1 Å². The largest absolute Gasteiger partial charge is 1.00 e. The zero-order valence-electron chi connectivity index (χ0n) is 60.8. The van der Waals surface area contributed by atoms with Crippen molar-refractivity contribution in [3.63, 3.8) is 0 Å². The standard InChI is InChI=1S/C17H15BrFN3O3S.C15H22N2O5S.C14H19IN2O3.C10H14N2O3S.C7H2BrF2N.C4H6N2S.CH4O2S.ClH.Na/c1-26(24,25)12-4-2-10(3-5-12)6-16(17(21)23)22-15-8-13(18)11(9-20)7-14(15)19;1-15(2,3)22-14(19)17-12(13(16)18)9-10-5-7-11(8-6-10)23(4,20)21;1-14(2,3)20-13(19)17-11(12(16)18)8-9-4-6-10(15)7-5-9;1-16(14,15)8-4-2-7(3-5-8)6-9(11)10(12)13;8-5-2-7(10)6(9)1-4(5)3-11;1-3-2-4(5)7-6-3;1-4(2)3;;/h2-5,7-8,16,22H,6H2,1H3,(H2,21,23);5-8,12H,9H2,1-4H3,(H2,16,18)(H,17,19);4-7,11H,8H2,1-3H3,(H2,16,18)(H,17,19);2-5,9H,6,11H2,1H3,(H2,12,13);1-2H;2H,5H2,1H3;1H3,(H,2,3);1H;/q;;;;;;;;+1/p-1/t16-;12-;11-;9-;;;;;/m1111...../s1. The summed E-state index contributed by atoms with van der Waals surface area (Å²) in [5.41, 5.74) is 34.8. The maximum atomic E-state index is 14.1. The molecular weight excluding hydrogens is 1800 g/mol. The fourth-order valence-corrected chi connectivity index (χ4v) is 11.4. The monoisotopic (exact) mass is 1880 g/mol. The van der Waals surface area contributed by atoms with Crippen molar-refractivity contribution in [2.45, 2.75) is 124 Å². The van der Waals surface area contributed by atoms with Gasteiger partial charge in [0.2, 0.25) is 23.6 Å². The summed E-state index contributed by atoms with van der Waals surface area (Å²) in [7, 11) is -9.79. The SMILES string of the molecule is CC(C)(C)OC(=O)N[C@H](Cc1ccc(I)cc1)C(N)=O.CC(C)(C)OC(=O)N[C@H](Cc1ccc(S(C)(=O)=O)cc1)C(N)=O.CS(=O)(=O)c1ccc(C[C@@H](N)C(N)=O)cc1.CS(=O)(=O)c1ccc(C[C@@H](Nc2cc(Br)c(C#N)cc2F)C(N)=O)cc1.CS(=O)[O-].Cc1cc(N)sn1.Cl.N#Cc1cc(F)c(F)cc1Br.[Na+]. The number of primary amides is 4. The molecule has 0 spiro atoms. The number of halogens is 7. The first-order valence-electron chi connectivity index (χ1n) is 30.6. The van der Waals surface area contributed by atoms with Crippen LogP contribution in [-0.2, 0) is 94.9 Å². The second-order valence-corrected chi connectivity index (χ2v) is 35.2. The molecule has 590 valence electrons. The molecule has 0 radical (unpaired) electrons. The number of alkyl carbamates (subject to hydrolysis) is 2. The van der Waals surface area contributed by atoms with Crippen molar-refractivity contribution in [2.75, 3.05) is 36.1 Å². The molecule has 109 heavy (non-hydrogen) atoms. The molecule has 5 atom stereocenters. The fourth-order valence-electron chi connectivity index (χ4n) is 7.79. The number of aromatic nitrogens is 1. The third-order valence-electron chi connectivity index (χ3n) is 12.8. The van der Waals surface area contributed by atoms with E-state index in [9.17, 15) is 67.2 Å². The van der Waals surface area contributed by atoms with Crippen LogP contribution < -0.4 is 79.9 Å². The molecule has 0 aliphatic carbocycles. The minimum atomic E-state index is -3.32. The molecule has 0 aliphatic heterocycles. The zero-order valence-corrected chi connectivity index (χ0v) is 73.0. The molecule has 0 saturated heterocycles. The van der Waals surface area contributed by atoms with Gasteiger partial charge >= 0.3 is 41.7 Å². The van der Waals surface area contributed by atoms with Crippen LogP contribution in [0.25, 0.3) is 0 Å². The van der Waals surface area contributed by atoms with Crippen LogP contribution in [0.5, 0.6) is 0 Å². The molecule has 15 N–H and O–H groups in total. The number of sulfone groups is 3. The second-order valence-electron chi connectivity index (χ2n) is 24.6. The van der Waals surface area contributed by atoms with Gasteiger partial charge < -0.3 is 64.4 Å². The Morgan fingerprint density at radius 3 is 1.16 bits per heavy atom. The van der Waals surface area contributed by atoms with Crippen LogP contribution in [0.1, 0.15) is 80.6 Å². The van der Waals surface area contributed by atoms with Crippen molar-refractivity contribution in [3.8, 4) is 12.1 Å². The van der Waals surface area contributed by atoms with E-state index in [4.69, 9.17) is 63.2 Å². The maximum Gasteiger partial charge on any atom is 1.00 e. The molecule has 6 aromatic carbocycles. The smallest absolute Gasteiger partial charge is 0.773 e. The van der Waals surface area contributed by atoms with Gasteiger partial charge in [-0.15, -0.1) is 12.4 Å². The van der Waals surface area contributed by atoms with E-state index in [1.165, 1.54) is 54.0 Å². The number of carbonyl (C=O) groups excluding carboxylic acids is 6. The maximum absolute atomic E-state index is 14.1. The number of aryl methyl sites for hydroxylation is 1. The van der Waals surface area contributed by atoms with E-state index in [2.05, 4.69) is 74.8 Å². The Bertz CT molecular complexity index is 4660. The summed E-state index contributed by atoms with van der Waals surface area (Å²) >= 11 is 7.74. The van der Waals surface area contributed by atoms with Crippen LogP contribution in [0, 0.1) is 50.6 Å². The molecule has 1 aromatic heterocycles. The number of hydrogen-bond acceptors (Lipinski definition) is 23. The van der Waals surface area contributed by atoms with Crippen molar-refractivity contribution in [3.05, 3.63) is 196 Å². The summed E-state index contributed by atoms with van der Waals surface area (Å²) in [5, 5.41) is 25.7. The van der Waals surface area contributed by atoms with Crippen LogP contribution in [0.15, 0.2) is 151 Å². The van der Waals surface area contributed by atoms with E-state index in [1.807, 2.05) is 43.3 Å². The fraction of sp³-hybridized carbons (Fsp3) is 0.309. The molecule has 0 bridgehead atoms. The molecule has 0 aliphatic rings. The Morgan fingerprint density at radius 2 is 0.881 bits per heavy atom. The quantitative estimate of drug-likeness (QED) is 0.0206. The van der Waals surface area contributed by atoms with Gasteiger partial charge in [0.25, 0.3) is 0 Å². The van der Waals surface area contributed by atoms with Crippen molar-refractivity contribution in [1.29, 1.82) is 10.5 Å². The van der Waals surface area contributed by atoms with E-state index in [-0.39, 0.29) is 90.8 Å². The number of anilines is 2. The molecule has 1 heterocycles. The summed E-state index contributed by atoms with van der Waals surface area (Å²) < 4.78 is 141. The topological polar surface area (TPSA) is 516 Å². The van der Waals surface area contributed by atoms with E-state index in [0.29, 0.717) is 28.4 Å². The van der Waals surface area contributed by atoms with Crippen LogP contribution in [0.3, 0.4) is 0 Å². The Balaban J connectivity index is 0. The average Bonchev–Trinajstić information content (AvgIpc) is 1.13. The Morgan fingerprint density at radius 1 is 0.578 bits per heavy atom. The van der Waals surface area contributed by atoms with Gasteiger partial charge in [-0.2, -0.15) is 14.9 Å². The van der Waals surface area contributed by atoms with Crippen molar-refractivity contribution >= 4 is 165 Å². The van der Waals surface area contributed by atoms with Crippen LogP contribution >= 0.6 is 78.4 Å². The number of hydrogen-bond donors (Lipinski definition) is 9. The number of rotatable bonds is 19. The summed E-state index contributed by atoms with van der Waals surface area (Å²) in [5.74, 6) is -5.23. The molecule has 0 saturated carbocycles. The van der Waals surface area contributed by atoms with Crippen LogP contribution in [0.4, 0.5) is 33.4 Å². The Labute approximate surface area is 696 Å². The predicted octanol–water partition coefficient (Wildman–Crippen LogP) is 5.59. The summed E-state index contributed by atoms with van der Waals surface area (Å²) in [6.07, 6.45) is 3.96. The van der Waals surface area contributed by atoms with Crippen LogP contribution in [-0.4, -0.2) is 135 Å². The Hall–Kier alpha value is -7.36. The molecule has 6 amide bonds. The number of nitrogens with two attached hydrogens (primary N) is 6. The predicted molar refractivity (Wildman–Crippen MR) is 422 cm³/mol. The van der Waals surface area contributed by atoms with Crippen molar-refractivity contribution < 1.29 is 115 Å². The average molecular weight is 1890 g/mol. The van der Waals surface area contributed by atoms with Crippen molar-refractivity contribution in [2.24, 2.45) is 28.7 Å². The minimum absolute atomic E-state index is 0. The number of nitriles is 2. The number of amides is 6. The molecule has 0 fully saturated rings. The second kappa shape index (κ2) is 48.4. The first-order chi connectivity index (χ1) is 49.1. The Kier molecular flexibility index (Phi) is 46.1. The summed E-state index contributed by atoms with van der Waals surface area (Å²) in [4.78, 5) is 69.4. The molecular formula is C68H82Br2ClF3IN12NaO16S5. The number of carbonyl (C=O) groups is 6. The molecule has 7 rings (SSSR count). The first kappa shape index (κ1) is 104. The van der Waals surface area contributed by atoms with E-state index in [1.54, 1.807) is 84.0 Å². The number of nitrogen functional groups attached to an aromatic ring is 1. The van der Waals surface area contributed by atoms with Gasteiger partial charge in [-0.1, -0.05) is 59.6 Å². The van der Waals surface area contributed by atoms with Crippen LogP contribution in [0.2, 0.25) is 0 Å². The first-order valence-corrected chi connectivity index (χ1v) is 41.2. The normalized spacial score (nSPS) is 12.1. The van der Waals surface area contributed by atoms with Gasteiger partial charge in [-0.3, -0.25) is 23.4 Å². The van der Waals surface area contributed by atoms with E-state index < -0.39 is 129 Å². The molecule has 1 unspecified atom stereocenters. The third-order valence-corrected chi connectivity index (χ3v) is 18.9.